The number of nitrogens with two attached hydrogens (primary N) is 1. The first-order valence-corrected chi connectivity index (χ1v) is 7.81. The van der Waals surface area contributed by atoms with E-state index in [4.69, 9.17) is 15.2 Å². The van der Waals surface area contributed by atoms with Gasteiger partial charge in [0.25, 0.3) is 0 Å². The summed E-state index contributed by atoms with van der Waals surface area (Å²) >= 11 is 0. The Balaban J connectivity index is 1.86. The molecule has 4 nitrogen and oxygen atoms in total. The van der Waals surface area contributed by atoms with Crippen molar-refractivity contribution < 1.29 is 9.47 Å². The quantitative estimate of drug-likeness (QED) is 0.848. The molecule has 0 aromatic heterocycles. The summed E-state index contributed by atoms with van der Waals surface area (Å²) in [5.74, 6) is 0.893. The number of anilines is 1. The molecule has 1 atom stereocenters. The zero-order chi connectivity index (χ0) is 15.3. The van der Waals surface area contributed by atoms with Crippen LogP contribution in [0.2, 0.25) is 0 Å². The number of nitrogens with zero attached hydrogens (tertiary/aromatic N) is 1. The Morgan fingerprint density at radius 1 is 1.29 bits per heavy atom. The van der Waals surface area contributed by atoms with E-state index in [0.29, 0.717) is 13.2 Å². The topological polar surface area (TPSA) is 47.7 Å². The molecular weight excluding hydrogens is 264 g/mol. The summed E-state index contributed by atoms with van der Waals surface area (Å²) in [6.45, 7) is 9.32. The van der Waals surface area contributed by atoms with E-state index in [9.17, 15) is 0 Å². The highest BCUT2D eigenvalue weighted by Gasteiger charge is 2.17. The minimum absolute atomic E-state index is 0.116. The summed E-state index contributed by atoms with van der Waals surface area (Å²) in [5, 5.41) is 0. The Hall–Kier alpha value is -1.26. The molecule has 1 fully saturated rings. The van der Waals surface area contributed by atoms with Crippen LogP contribution in [0.15, 0.2) is 24.3 Å². The summed E-state index contributed by atoms with van der Waals surface area (Å²) in [7, 11) is 0. The van der Waals surface area contributed by atoms with Crippen LogP contribution in [-0.4, -0.2) is 37.9 Å². The van der Waals surface area contributed by atoms with Gasteiger partial charge in [-0.3, -0.25) is 0 Å². The Morgan fingerprint density at radius 2 is 2.10 bits per heavy atom. The van der Waals surface area contributed by atoms with Crippen LogP contribution >= 0.6 is 0 Å². The number of ether oxygens (including phenoxy) is 2. The van der Waals surface area contributed by atoms with Gasteiger partial charge in [-0.05, 0) is 45.7 Å². The SMILES string of the molecule is CC(C)(C)OCCOc1cccc(N2CCCC(N)C2)c1. The van der Waals surface area contributed by atoms with Crippen LogP contribution in [0.25, 0.3) is 0 Å². The van der Waals surface area contributed by atoms with Crippen molar-refractivity contribution in [3.05, 3.63) is 24.3 Å². The van der Waals surface area contributed by atoms with Crippen molar-refractivity contribution >= 4 is 5.69 Å². The zero-order valence-corrected chi connectivity index (χ0v) is 13.5. The molecule has 21 heavy (non-hydrogen) atoms. The summed E-state index contributed by atoms with van der Waals surface area (Å²) in [4.78, 5) is 2.34. The molecule has 1 aromatic rings. The van der Waals surface area contributed by atoms with Crippen LogP contribution in [0.5, 0.6) is 5.75 Å². The first kappa shape index (κ1) is 16.1. The predicted molar refractivity (Wildman–Crippen MR) is 87.1 cm³/mol. The number of hydrogen-bond acceptors (Lipinski definition) is 4. The monoisotopic (exact) mass is 292 g/mol. The van der Waals surface area contributed by atoms with E-state index >= 15 is 0 Å². The van der Waals surface area contributed by atoms with Crippen molar-refractivity contribution in [1.82, 2.24) is 0 Å². The highest BCUT2D eigenvalue weighted by Crippen LogP contribution is 2.24. The van der Waals surface area contributed by atoms with Gasteiger partial charge in [-0.1, -0.05) is 6.07 Å². The lowest BCUT2D eigenvalue weighted by atomic mass is 10.1. The van der Waals surface area contributed by atoms with Crippen molar-refractivity contribution in [2.75, 3.05) is 31.2 Å². The lowest BCUT2D eigenvalue weighted by molar-refractivity contribution is -0.0162. The van der Waals surface area contributed by atoms with E-state index in [1.54, 1.807) is 0 Å². The van der Waals surface area contributed by atoms with Crippen LogP contribution in [0.1, 0.15) is 33.6 Å². The molecule has 1 aromatic carbocycles. The van der Waals surface area contributed by atoms with Crippen molar-refractivity contribution in [3.8, 4) is 5.75 Å². The first-order chi connectivity index (χ1) is 9.94. The smallest absolute Gasteiger partial charge is 0.121 e. The van der Waals surface area contributed by atoms with Gasteiger partial charge in [-0.15, -0.1) is 0 Å². The van der Waals surface area contributed by atoms with Gasteiger partial charge >= 0.3 is 0 Å². The highest BCUT2D eigenvalue weighted by atomic mass is 16.5. The van der Waals surface area contributed by atoms with Gasteiger partial charge in [-0.25, -0.2) is 0 Å². The minimum Gasteiger partial charge on any atom is -0.491 e. The fraction of sp³-hybridized carbons (Fsp3) is 0.647. The Labute approximate surface area is 128 Å². The van der Waals surface area contributed by atoms with Crippen LogP contribution in [0.3, 0.4) is 0 Å². The third-order valence-corrected chi connectivity index (χ3v) is 3.53. The van der Waals surface area contributed by atoms with Gasteiger partial charge in [0.15, 0.2) is 0 Å². The lowest BCUT2D eigenvalue weighted by Gasteiger charge is -2.32. The van der Waals surface area contributed by atoms with Crippen LogP contribution in [0, 0.1) is 0 Å². The zero-order valence-electron chi connectivity index (χ0n) is 13.5. The van der Waals surface area contributed by atoms with Crippen molar-refractivity contribution in [1.29, 1.82) is 0 Å². The van der Waals surface area contributed by atoms with Gasteiger partial charge in [0, 0.05) is 30.9 Å². The molecule has 0 amide bonds. The molecule has 1 aliphatic rings. The average molecular weight is 292 g/mol. The van der Waals surface area contributed by atoms with Crippen LogP contribution in [-0.2, 0) is 4.74 Å². The fourth-order valence-electron chi connectivity index (χ4n) is 2.52. The molecule has 1 aliphatic heterocycles. The van der Waals surface area contributed by atoms with Gasteiger partial charge in [-0.2, -0.15) is 0 Å². The predicted octanol–water partition coefficient (Wildman–Crippen LogP) is 2.81. The van der Waals surface area contributed by atoms with E-state index < -0.39 is 0 Å². The van der Waals surface area contributed by atoms with E-state index in [2.05, 4.69) is 17.0 Å². The summed E-state index contributed by atoms with van der Waals surface area (Å²) in [5.41, 5.74) is 7.13. The standard InChI is InChI=1S/C17H28N2O2/c1-17(2,3)21-11-10-20-16-8-4-7-15(12-16)19-9-5-6-14(18)13-19/h4,7-8,12,14H,5-6,9-11,13,18H2,1-3H3. The van der Waals surface area contributed by atoms with E-state index in [1.165, 1.54) is 5.69 Å². The molecule has 1 saturated heterocycles. The summed E-state index contributed by atoms with van der Waals surface area (Å²) < 4.78 is 11.4. The van der Waals surface area contributed by atoms with Gasteiger partial charge in [0.1, 0.15) is 12.4 Å². The second-order valence-corrected chi connectivity index (χ2v) is 6.65. The maximum absolute atomic E-state index is 6.05. The number of hydrogen-bond donors (Lipinski definition) is 1. The largest absolute Gasteiger partial charge is 0.491 e. The second kappa shape index (κ2) is 7.14. The number of benzene rings is 1. The normalized spacial score (nSPS) is 19.6. The summed E-state index contributed by atoms with van der Waals surface area (Å²) in [6.07, 6.45) is 2.28. The van der Waals surface area contributed by atoms with Crippen molar-refractivity contribution in [2.45, 2.75) is 45.3 Å². The summed E-state index contributed by atoms with van der Waals surface area (Å²) in [6, 6.07) is 8.52. The Bertz CT molecular complexity index is 443. The van der Waals surface area contributed by atoms with E-state index in [-0.39, 0.29) is 11.6 Å². The molecule has 2 N–H and O–H groups in total. The fourth-order valence-corrected chi connectivity index (χ4v) is 2.52. The van der Waals surface area contributed by atoms with Crippen LogP contribution < -0.4 is 15.4 Å². The van der Waals surface area contributed by atoms with Crippen LogP contribution in [0.4, 0.5) is 5.69 Å². The molecule has 0 saturated carbocycles. The van der Waals surface area contributed by atoms with Crippen molar-refractivity contribution in [2.24, 2.45) is 5.73 Å². The second-order valence-electron chi connectivity index (χ2n) is 6.65. The van der Waals surface area contributed by atoms with Gasteiger partial charge < -0.3 is 20.1 Å². The molecule has 0 spiro atoms. The molecule has 2 rings (SSSR count). The third-order valence-electron chi connectivity index (χ3n) is 3.53. The first-order valence-electron chi connectivity index (χ1n) is 7.81. The molecule has 0 bridgehead atoms. The van der Waals surface area contributed by atoms with Crippen molar-refractivity contribution in [3.63, 3.8) is 0 Å². The molecule has 0 aliphatic carbocycles. The maximum atomic E-state index is 6.05. The van der Waals surface area contributed by atoms with E-state index in [1.807, 2.05) is 32.9 Å². The number of rotatable bonds is 5. The maximum Gasteiger partial charge on any atom is 0.121 e. The lowest BCUT2D eigenvalue weighted by Crippen LogP contribution is -2.42. The third kappa shape index (κ3) is 5.56. The van der Waals surface area contributed by atoms with E-state index in [0.717, 1.165) is 31.7 Å². The Kier molecular flexibility index (Phi) is 5.48. The average Bonchev–Trinajstić information content (AvgIpc) is 2.43. The van der Waals surface area contributed by atoms with Gasteiger partial charge in [0.2, 0.25) is 0 Å². The molecular formula is C17H28N2O2. The molecule has 118 valence electrons. The number of piperidine rings is 1. The Morgan fingerprint density at radius 3 is 2.81 bits per heavy atom. The van der Waals surface area contributed by atoms with Gasteiger partial charge in [0.05, 0.1) is 12.2 Å². The highest BCUT2D eigenvalue weighted by molar-refractivity contribution is 5.51. The molecule has 1 unspecified atom stereocenters. The molecule has 4 heteroatoms. The molecule has 1 heterocycles. The molecule has 0 radical (unpaired) electrons. The minimum atomic E-state index is -0.116.